The number of furan rings is 1. The first-order valence-electron chi connectivity index (χ1n) is 28.6. The molecule has 4 unspecified atom stereocenters. The maximum absolute atomic E-state index is 7.09. The lowest BCUT2D eigenvalue weighted by Gasteiger charge is -2.43. The van der Waals surface area contributed by atoms with Gasteiger partial charge in [-0.05, 0) is 216 Å². The Labute approximate surface area is 436 Å². The fourth-order valence-electron chi connectivity index (χ4n) is 16.9. The quantitative estimate of drug-likeness (QED) is 0.112. The van der Waals surface area contributed by atoms with Crippen LogP contribution in [0.25, 0.3) is 76.8 Å². The van der Waals surface area contributed by atoms with Crippen molar-refractivity contribution in [1.82, 2.24) is 4.48 Å². The average molecular weight is 961 g/mol. The predicted molar refractivity (Wildman–Crippen MR) is 313 cm³/mol. The lowest BCUT2D eigenvalue weighted by atomic mass is 9.45. The number of fused-ring (bicyclic) bond motifs is 15. The lowest BCUT2D eigenvalue weighted by molar-refractivity contribution is 0.207. The Morgan fingerprint density at radius 3 is 2.27 bits per heavy atom. The fraction of sp³-hybridized carbons (Fsp3) is 0.314. The highest BCUT2D eigenvalue weighted by molar-refractivity contribution is 6.90. The van der Waals surface area contributed by atoms with Gasteiger partial charge >= 0.3 is 6.85 Å². The van der Waals surface area contributed by atoms with Crippen LogP contribution in [0, 0.1) is 24.7 Å². The van der Waals surface area contributed by atoms with Crippen molar-refractivity contribution >= 4 is 89.4 Å². The summed E-state index contributed by atoms with van der Waals surface area (Å²) in [6, 6.07) is 55.3. The van der Waals surface area contributed by atoms with E-state index in [2.05, 4.69) is 183 Å². The van der Waals surface area contributed by atoms with Crippen molar-refractivity contribution in [3.8, 4) is 22.3 Å². The summed E-state index contributed by atoms with van der Waals surface area (Å²) in [5.41, 5.74) is 24.3. The molecule has 0 spiro atoms. The molecule has 3 nitrogen and oxygen atoms in total. The smallest absolute Gasteiger partial charge is 0.333 e. The van der Waals surface area contributed by atoms with E-state index in [-0.39, 0.29) is 17.7 Å². The minimum Gasteiger partial charge on any atom is -0.456 e. The van der Waals surface area contributed by atoms with Gasteiger partial charge in [0.1, 0.15) is 11.2 Å². The van der Waals surface area contributed by atoms with E-state index in [4.69, 9.17) is 4.42 Å². The molecular weight excluding hydrogens is 896 g/mol. The van der Waals surface area contributed by atoms with Gasteiger partial charge in [0.05, 0.1) is 5.69 Å². The molecule has 0 radical (unpaired) electrons. The highest BCUT2D eigenvalue weighted by Crippen LogP contribution is 2.57. The normalized spacial score (nSPS) is 23.4. The largest absolute Gasteiger partial charge is 0.456 e. The molecule has 364 valence electrons. The number of rotatable bonds is 8. The van der Waals surface area contributed by atoms with E-state index in [0.29, 0.717) is 5.92 Å². The Morgan fingerprint density at radius 1 is 0.662 bits per heavy atom. The molecule has 0 saturated heterocycles. The number of nitrogens with zero attached hydrogens (tertiary/aromatic N) is 2. The van der Waals surface area contributed by atoms with Crippen molar-refractivity contribution in [2.24, 2.45) is 17.8 Å². The third kappa shape index (κ3) is 6.21. The molecule has 4 atom stereocenters. The Bertz CT molecular complexity index is 4040. The second-order valence-corrected chi connectivity index (χ2v) is 24.7. The first-order chi connectivity index (χ1) is 36.2. The van der Waals surface area contributed by atoms with E-state index in [9.17, 15) is 0 Å². The van der Waals surface area contributed by atoms with E-state index < -0.39 is 0 Å². The summed E-state index contributed by atoms with van der Waals surface area (Å²) >= 11 is 0. The first kappa shape index (κ1) is 43.6. The van der Waals surface area contributed by atoms with E-state index >= 15 is 0 Å². The van der Waals surface area contributed by atoms with Crippen molar-refractivity contribution in [3.05, 3.63) is 173 Å². The van der Waals surface area contributed by atoms with Crippen LogP contribution >= 0.6 is 0 Å². The second-order valence-electron chi connectivity index (χ2n) is 24.7. The fourth-order valence-corrected chi connectivity index (χ4v) is 16.9. The molecule has 4 heteroatoms. The summed E-state index contributed by atoms with van der Waals surface area (Å²) in [6.07, 6.45) is 19.0. The van der Waals surface area contributed by atoms with Gasteiger partial charge in [0.25, 0.3) is 0 Å². The van der Waals surface area contributed by atoms with Crippen LogP contribution < -0.4 is 15.8 Å². The van der Waals surface area contributed by atoms with Gasteiger partial charge in [-0.2, -0.15) is 0 Å². The van der Waals surface area contributed by atoms with Crippen LogP contribution in [0.1, 0.15) is 120 Å². The second kappa shape index (κ2) is 15.9. The Kier molecular flexibility index (Phi) is 9.35. The van der Waals surface area contributed by atoms with Crippen LogP contribution in [0.5, 0.6) is 0 Å². The Balaban J connectivity index is 1.02. The van der Waals surface area contributed by atoms with E-state index in [0.717, 1.165) is 34.8 Å². The SMILES string of the molecule is CCCCc1ccc(N2c3cc4c(cc3B3c5c(cc(C)cc52)-c2cc(C5(CC)CC6CCC(C6)C5)cc5c6cc(C78CC=C(CC(C)C7)C8)ccc6n3c25)oc2cc3ccccc3cc24)c(-c2ccccc2)c1. The van der Waals surface area contributed by atoms with Gasteiger partial charge in [0.15, 0.2) is 0 Å². The summed E-state index contributed by atoms with van der Waals surface area (Å²) < 4.78 is 9.91. The minimum atomic E-state index is -0.0741. The molecule has 10 aromatic rings. The standard InChI is InChI=1S/C70H65BN2O/c1-5-7-13-44-20-22-61(53(30-44)48-14-9-8-10-15-48)72-63-36-56-55-31-49-16-11-12-17-50(49)32-65(55)74-66(56)37-60(63)71-67-57(27-42(3)28-64(67)72)59-35-52(69(6-2)39-45-18-19-46(29-45)40-69)34-58-54-33-51(21-23-62(54)73(71)68(58)59)70-25-24-47(41-70)26-43(4)38-70/h8-12,14-17,20-24,27-28,30-37,43,45-46H,5-7,13,18-19,25-26,29,38-41H2,1-4H3. The van der Waals surface area contributed by atoms with Gasteiger partial charge in [0, 0.05) is 60.5 Å². The Morgan fingerprint density at radius 2 is 1.45 bits per heavy atom. The maximum atomic E-state index is 7.09. The topological polar surface area (TPSA) is 21.3 Å². The lowest BCUT2D eigenvalue weighted by Crippen LogP contribution is -2.56. The first-order valence-corrected chi connectivity index (χ1v) is 28.6. The molecule has 4 bridgehead atoms. The third-order valence-corrected chi connectivity index (χ3v) is 20.1. The van der Waals surface area contributed by atoms with Gasteiger partial charge < -0.3 is 13.8 Å². The summed E-state index contributed by atoms with van der Waals surface area (Å²) in [5.74, 6) is 2.39. The highest BCUT2D eigenvalue weighted by atomic mass is 16.3. The summed E-state index contributed by atoms with van der Waals surface area (Å²) in [7, 11) is 0. The molecule has 74 heavy (non-hydrogen) atoms. The van der Waals surface area contributed by atoms with E-state index in [1.54, 1.807) is 16.7 Å². The maximum Gasteiger partial charge on any atom is 0.333 e. The van der Waals surface area contributed by atoms with E-state index in [1.807, 2.05) is 0 Å². The van der Waals surface area contributed by atoms with Crippen LogP contribution in [0.4, 0.5) is 17.1 Å². The van der Waals surface area contributed by atoms with Gasteiger partial charge in [0.2, 0.25) is 0 Å². The monoisotopic (exact) mass is 961 g/mol. The number of aromatic nitrogens is 1. The molecule has 0 N–H and O–H groups in total. The molecule has 3 fully saturated rings. The van der Waals surface area contributed by atoms with Crippen LogP contribution in [0.3, 0.4) is 0 Å². The molecule has 8 aromatic carbocycles. The minimum absolute atomic E-state index is 0.0741. The number of hydrogen-bond donors (Lipinski definition) is 0. The molecular formula is C70H65BN2O. The van der Waals surface area contributed by atoms with Crippen molar-refractivity contribution in [2.45, 2.75) is 122 Å². The number of hydrogen-bond acceptors (Lipinski definition) is 2. The van der Waals surface area contributed by atoms with Crippen molar-refractivity contribution < 1.29 is 4.42 Å². The summed E-state index contributed by atoms with van der Waals surface area (Å²) in [6.45, 7) is 9.58. The third-order valence-electron chi connectivity index (χ3n) is 20.1. The molecule has 16 rings (SSSR count). The predicted octanol–water partition coefficient (Wildman–Crippen LogP) is 17.8. The van der Waals surface area contributed by atoms with Crippen molar-refractivity contribution in [3.63, 3.8) is 0 Å². The number of unbranched alkanes of at least 4 members (excludes halogenated alkanes) is 1. The van der Waals surface area contributed by atoms with Crippen LogP contribution in [-0.4, -0.2) is 11.3 Å². The van der Waals surface area contributed by atoms with Gasteiger partial charge in [-0.1, -0.05) is 124 Å². The molecule has 2 aliphatic heterocycles. The number of benzene rings is 8. The van der Waals surface area contributed by atoms with Crippen LogP contribution in [-0.2, 0) is 17.3 Å². The molecule has 6 aliphatic rings. The van der Waals surface area contributed by atoms with Crippen LogP contribution in [0.15, 0.2) is 156 Å². The average Bonchev–Trinajstić information content (AvgIpc) is 4.16. The number of allylic oxidation sites excluding steroid dienone is 2. The molecule has 3 saturated carbocycles. The van der Waals surface area contributed by atoms with Crippen molar-refractivity contribution in [2.75, 3.05) is 4.90 Å². The zero-order valence-electron chi connectivity index (χ0n) is 43.7. The van der Waals surface area contributed by atoms with E-state index in [1.165, 1.54) is 176 Å². The Hall–Kier alpha value is -6.78. The number of aryl methyl sites for hydroxylation is 2. The molecule has 4 aliphatic carbocycles. The summed E-state index contributed by atoms with van der Waals surface area (Å²) in [4.78, 5) is 2.68. The van der Waals surface area contributed by atoms with Gasteiger partial charge in [-0.25, -0.2) is 0 Å². The zero-order valence-corrected chi connectivity index (χ0v) is 43.7. The van der Waals surface area contributed by atoms with Crippen molar-refractivity contribution in [1.29, 1.82) is 0 Å². The van der Waals surface area contributed by atoms with Crippen LogP contribution in [0.2, 0.25) is 0 Å². The van der Waals surface area contributed by atoms with Gasteiger partial charge in [-0.3, -0.25) is 0 Å². The summed E-state index contributed by atoms with van der Waals surface area (Å²) in [5, 5.41) is 7.66. The highest BCUT2D eigenvalue weighted by Gasteiger charge is 2.48. The zero-order chi connectivity index (χ0) is 49.2. The molecule has 0 amide bonds. The number of anilines is 3. The molecule has 2 aromatic heterocycles. The molecule has 4 heterocycles. The van der Waals surface area contributed by atoms with Gasteiger partial charge in [-0.15, -0.1) is 0 Å².